The maximum absolute atomic E-state index is 17.3. The van der Waals surface area contributed by atoms with Gasteiger partial charge in [0.2, 0.25) is 0 Å². The first-order valence-corrected chi connectivity index (χ1v) is 33.6. The number of phenols is 3. The molecular weight excluding hydrogens is 1100 g/mol. The summed E-state index contributed by atoms with van der Waals surface area (Å²) >= 11 is 0. The van der Waals surface area contributed by atoms with Crippen molar-refractivity contribution < 1.29 is 49.6 Å². The van der Waals surface area contributed by atoms with Crippen molar-refractivity contribution in [2.45, 2.75) is 112 Å². The fourth-order valence-electron chi connectivity index (χ4n) is 14.7. The Morgan fingerprint density at radius 1 is 0.877 bits per heavy atom. The van der Waals surface area contributed by atoms with Gasteiger partial charge in [0.25, 0.3) is 0 Å². The van der Waals surface area contributed by atoms with E-state index in [0.717, 1.165) is 81.2 Å². The van der Waals surface area contributed by atoms with Crippen LogP contribution in [0.2, 0.25) is 0 Å². The molecule has 0 saturated heterocycles. The Labute approximate surface area is 491 Å². The zero-order chi connectivity index (χ0) is 56.6. The lowest BCUT2D eigenvalue weighted by molar-refractivity contribution is -0.150. The highest BCUT2D eigenvalue weighted by Gasteiger charge is 2.62. The molecule has 1 aromatic heterocycles. The molecule has 430 valence electrons. The van der Waals surface area contributed by atoms with Crippen molar-refractivity contribution >= 4 is 59.7 Å². The summed E-state index contributed by atoms with van der Waals surface area (Å²) in [5, 5.41) is 79.0. The van der Waals surface area contributed by atoms with Gasteiger partial charge in [0, 0.05) is 72.5 Å². The lowest BCUT2D eigenvalue weighted by Gasteiger charge is -2.52. The third-order valence-electron chi connectivity index (χ3n) is 18.5. The average Bonchev–Trinajstić information content (AvgIpc) is 3.31. The fourth-order valence-corrected chi connectivity index (χ4v) is 20.4. The number of aliphatic hydroxyl groups excluding tert-OH is 3. The number of rotatable bonds is 11. The van der Waals surface area contributed by atoms with E-state index < -0.39 is 46.9 Å². The molecule has 5 aliphatic rings. The van der Waals surface area contributed by atoms with Gasteiger partial charge in [-0.2, -0.15) is 0 Å². The van der Waals surface area contributed by atoms with E-state index in [2.05, 4.69) is 53.6 Å². The van der Waals surface area contributed by atoms with E-state index in [1.807, 2.05) is 62.8 Å². The monoisotopic (exact) mass is 1170 g/mol. The number of H-pyrrole nitrogens is 1. The lowest BCUT2D eigenvalue weighted by Crippen LogP contribution is -2.62. The van der Waals surface area contributed by atoms with Crippen molar-refractivity contribution in [2.75, 3.05) is 44.6 Å². The molecule has 6 aromatic rings. The first kappa shape index (κ1) is 58.0. The number of carbonyl (C=O) groups excluding carboxylic acids is 1. The molecular formula is C65H76N2O10S4. The first-order valence-electron chi connectivity index (χ1n) is 28.7. The molecule has 12 atom stereocenters. The Morgan fingerprint density at radius 2 is 1.72 bits per heavy atom. The second-order valence-corrected chi connectivity index (χ2v) is 28.1. The summed E-state index contributed by atoms with van der Waals surface area (Å²) in [6, 6.07) is 26.7. The van der Waals surface area contributed by atoms with E-state index in [1.165, 1.54) is 0 Å². The summed E-state index contributed by atoms with van der Waals surface area (Å²) in [6.07, 6.45) is 10.1. The number of aromatic nitrogens is 1. The van der Waals surface area contributed by atoms with Crippen LogP contribution in [0.5, 0.6) is 28.7 Å². The number of ether oxygens (including phenoxy) is 3. The fraction of sp³-hybridized carbons (Fsp3) is 0.462. The quantitative estimate of drug-likeness (QED) is 0.0451. The standard InChI is InChI=1S/C65H76N2O10S4/c1-5-39-10-11-40-8-7-9-49-57(33-68)81-80-34-45-27-58(72)65(47-23-38(31-66-3)24-48(69)28-47,52-36-79-78-35-46-15-12-43-30-64(46,20-18-55(43)76-6-2)77-56-26-42(52)14-16-53(56)70)63(74)60(45)61(73)44(22-37-19-21-67-32-37)25-41-13-17-54(71)62(75-4)51(41)29-50(39)59(40)49/h7-11,13-14,16-21,23-24,26,28,32,43-46,52,55,57-58,60-61,66-73H,5-6,12,15,22,25,27,29-31,33-36H2,1-4H3/t43-,44+,45-,46-,52-,55-,57-,58-,60+,61-,64+,65-/m0/s1. The van der Waals surface area contributed by atoms with Crippen LogP contribution in [0, 0.1) is 29.6 Å². The van der Waals surface area contributed by atoms with Crippen LogP contribution >= 0.6 is 43.2 Å². The van der Waals surface area contributed by atoms with Crippen LogP contribution in [0.25, 0.3) is 10.8 Å². The number of aliphatic hydroxyl groups is 3. The molecule has 3 heterocycles. The summed E-state index contributed by atoms with van der Waals surface area (Å²) in [4.78, 5) is 20.6. The smallest absolute Gasteiger partial charge is 0.164 e. The Balaban J connectivity index is 1.10. The van der Waals surface area contributed by atoms with E-state index in [4.69, 9.17) is 14.2 Å². The second kappa shape index (κ2) is 24.8. The molecule has 0 radical (unpaired) electrons. The number of Topliss-reactive ketones (excluding diaryl/α,β-unsaturated/α-hetero) is 1. The summed E-state index contributed by atoms with van der Waals surface area (Å²) in [5.41, 5.74) is 5.16. The van der Waals surface area contributed by atoms with Crippen molar-refractivity contribution in [3.63, 3.8) is 0 Å². The summed E-state index contributed by atoms with van der Waals surface area (Å²) in [5.74, 6) is -0.867. The number of ketones is 1. The number of hydrogen-bond donors (Lipinski definition) is 8. The minimum absolute atomic E-state index is 0.00565. The maximum Gasteiger partial charge on any atom is 0.164 e. The second-order valence-electron chi connectivity index (χ2n) is 23.0. The van der Waals surface area contributed by atoms with Crippen LogP contribution < -0.4 is 14.8 Å². The Hall–Kier alpha value is -4.75. The molecule has 12 nitrogen and oxygen atoms in total. The van der Waals surface area contributed by atoms with E-state index >= 15 is 4.79 Å². The Morgan fingerprint density at radius 3 is 2.49 bits per heavy atom. The molecule has 11 rings (SSSR count). The molecule has 1 spiro atoms. The van der Waals surface area contributed by atoms with Crippen LogP contribution in [0.3, 0.4) is 0 Å². The van der Waals surface area contributed by atoms with Crippen molar-refractivity contribution in [1.29, 1.82) is 0 Å². The van der Waals surface area contributed by atoms with Crippen molar-refractivity contribution in [2.24, 2.45) is 29.6 Å². The van der Waals surface area contributed by atoms with Crippen LogP contribution in [0.4, 0.5) is 0 Å². The van der Waals surface area contributed by atoms with Gasteiger partial charge in [-0.15, -0.1) is 0 Å². The number of carbonyl (C=O) groups is 1. The molecule has 2 saturated carbocycles. The number of phenolic OH excluding ortho intramolecular Hbond substituents is 3. The number of methoxy groups -OCH3 is 1. The van der Waals surface area contributed by atoms with Gasteiger partial charge < -0.3 is 55.2 Å². The van der Waals surface area contributed by atoms with Crippen molar-refractivity contribution in [3.05, 3.63) is 160 Å². The number of hydrogen-bond acceptors (Lipinski definition) is 15. The Bertz CT molecular complexity index is 3250. The Kier molecular flexibility index (Phi) is 17.8. The van der Waals surface area contributed by atoms with Gasteiger partial charge in [-0.1, -0.05) is 105 Å². The molecule has 5 aromatic carbocycles. The minimum Gasteiger partial charge on any atom is -0.508 e. The van der Waals surface area contributed by atoms with E-state index in [0.29, 0.717) is 66.5 Å². The number of benzene rings is 5. The normalized spacial score (nSPS) is 29.7. The molecule has 0 amide bonds. The highest BCUT2D eigenvalue weighted by molar-refractivity contribution is 8.77. The van der Waals surface area contributed by atoms with Crippen molar-refractivity contribution in [3.8, 4) is 28.7 Å². The zero-order valence-electron chi connectivity index (χ0n) is 46.5. The number of aromatic hydroxyl groups is 3. The minimum atomic E-state index is -1.75. The molecule has 4 bridgehead atoms. The van der Waals surface area contributed by atoms with Gasteiger partial charge in [0.1, 0.15) is 11.4 Å². The predicted octanol–water partition coefficient (Wildman–Crippen LogP) is 11.5. The van der Waals surface area contributed by atoms with Gasteiger partial charge in [0.05, 0.1) is 42.7 Å². The first-order chi connectivity index (χ1) is 39.3. The van der Waals surface area contributed by atoms with Crippen LogP contribution in [-0.2, 0) is 47.2 Å². The van der Waals surface area contributed by atoms with Gasteiger partial charge in [-0.25, -0.2) is 0 Å². The van der Waals surface area contributed by atoms with E-state index in [-0.39, 0.29) is 59.2 Å². The SMILES string of the molecule is CCO[C@H]1C=C[C@@]23C[C@@H]1CC[C@H]2CSSC[C@H]([C@]1(c2cc(O)cc(CNC)c2)C(=O)[C@@H]2[C@H](CSS[C@@H](CO)c4cccc5ccc(CC)c(c45)Cc4c(ccc(O)c4OC)C[C@@H](Cc4cc[nH]c4)[C@@H]2O)C[C@@H]1O)c1ccc(O)c(c1)O3. The molecule has 2 fully saturated rings. The number of aromatic amines is 1. The van der Waals surface area contributed by atoms with Crippen LogP contribution in [0.15, 0.2) is 109 Å². The van der Waals surface area contributed by atoms with Crippen LogP contribution in [0.1, 0.15) is 101 Å². The van der Waals surface area contributed by atoms with Gasteiger partial charge >= 0.3 is 0 Å². The third kappa shape index (κ3) is 11.0. The molecule has 16 heteroatoms. The molecule has 8 N–H and O–H groups in total. The van der Waals surface area contributed by atoms with Gasteiger partial charge in [-0.05, 0) is 174 Å². The van der Waals surface area contributed by atoms with Crippen molar-refractivity contribution in [1.82, 2.24) is 10.3 Å². The highest BCUT2D eigenvalue weighted by atomic mass is 33.1. The van der Waals surface area contributed by atoms with Gasteiger partial charge in [0.15, 0.2) is 28.8 Å². The average molecular weight is 1170 g/mol. The molecule has 3 aliphatic carbocycles. The topological polar surface area (TPSA) is 194 Å². The zero-order valence-corrected chi connectivity index (χ0v) is 49.8. The maximum atomic E-state index is 17.3. The van der Waals surface area contributed by atoms with Crippen LogP contribution in [-0.4, -0.2) is 110 Å². The number of aryl methyl sites for hydroxylation is 1. The number of fused-ring (bicyclic) bond motifs is 5. The molecule has 0 unspecified atom stereocenters. The predicted molar refractivity (Wildman–Crippen MR) is 328 cm³/mol. The summed E-state index contributed by atoms with van der Waals surface area (Å²) in [6.45, 7) is 4.97. The van der Waals surface area contributed by atoms with E-state index in [1.54, 1.807) is 74.6 Å². The third-order valence-corrected chi connectivity index (χ3v) is 23.8. The number of nitrogens with one attached hydrogen (secondary N) is 2. The van der Waals surface area contributed by atoms with E-state index in [9.17, 15) is 30.6 Å². The lowest BCUT2D eigenvalue weighted by atomic mass is 9.52. The summed E-state index contributed by atoms with van der Waals surface area (Å²) in [7, 11) is 9.88. The molecule has 2 aliphatic heterocycles. The summed E-state index contributed by atoms with van der Waals surface area (Å²) < 4.78 is 19.5. The highest BCUT2D eigenvalue weighted by Crippen LogP contribution is 2.58. The molecule has 81 heavy (non-hydrogen) atoms. The largest absolute Gasteiger partial charge is 0.508 e. The van der Waals surface area contributed by atoms with Gasteiger partial charge in [-0.3, -0.25) is 4.79 Å².